The molecular formula is C47H85N3O3. The van der Waals surface area contributed by atoms with Gasteiger partial charge in [-0.25, -0.2) is 0 Å². The molecule has 0 radical (unpaired) electrons. The summed E-state index contributed by atoms with van der Waals surface area (Å²) in [4.78, 5) is 28.3. The summed E-state index contributed by atoms with van der Waals surface area (Å²) in [5.41, 5.74) is 14.2. The van der Waals surface area contributed by atoms with Crippen LogP contribution in [-0.2, 0) is 14.3 Å². The van der Waals surface area contributed by atoms with Crippen LogP contribution in [0.2, 0.25) is 0 Å². The lowest BCUT2D eigenvalue weighted by Crippen LogP contribution is -2.51. The van der Waals surface area contributed by atoms with Gasteiger partial charge in [-0.2, -0.15) is 0 Å². The number of nitrogens with zero attached hydrogens (tertiary/aromatic N) is 1. The van der Waals surface area contributed by atoms with Gasteiger partial charge < -0.3 is 21.1 Å². The van der Waals surface area contributed by atoms with E-state index in [-0.39, 0.29) is 35.5 Å². The summed E-state index contributed by atoms with van der Waals surface area (Å²) in [7, 11) is 0. The molecule has 4 aliphatic rings. The number of esters is 1. The molecule has 0 aromatic heterocycles. The lowest BCUT2D eigenvalue weighted by atomic mass is 9.47. The molecule has 0 bridgehead atoms. The fraction of sp³-hybridized carbons (Fsp3) is 0.915. The number of hydrogen-bond acceptors (Lipinski definition) is 5. The van der Waals surface area contributed by atoms with Crippen molar-refractivity contribution in [3.05, 3.63) is 11.6 Å². The smallest absolute Gasteiger partial charge is 0.306 e. The van der Waals surface area contributed by atoms with Crippen LogP contribution in [0.1, 0.15) is 190 Å². The van der Waals surface area contributed by atoms with Crippen molar-refractivity contribution in [3.8, 4) is 0 Å². The Morgan fingerprint density at radius 3 is 2.23 bits per heavy atom. The summed E-state index contributed by atoms with van der Waals surface area (Å²) in [5.74, 6) is 5.84. The first-order valence-electron chi connectivity index (χ1n) is 22.9. The molecule has 3 saturated carbocycles. The van der Waals surface area contributed by atoms with Crippen LogP contribution in [0.25, 0.3) is 0 Å². The van der Waals surface area contributed by atoms with Crippen molar-refractivity contribution < 1.29 is 14.3 Å². The van der Waals surface area contributed by atoms with Crippen molar-refractivity contribution >= 4 is 11.9 Å². The van der Waals surface area contributed by atoms with Gasteiger partial charge in [0, 0.05) is 44.4 Å². The zero-order valence-corrected chi connectivity index (χ0v) is 35.9. The van der Waals surface area contributed by atoms with E-state index in [2.05, 4.69) is 54.5 Å². The number of rotatable bonds is 22. The molecule has 4 rings (SSSR count). The second kappa shape index (κ2) is 20.7. The first-order chi connectivity index (χ1) is 25.2. The van der Waals surface area contributed by atoms with E-state index in [1.807, 2.05) is 11.8 Å². The minimum Gasteiger partial charge on any atom is -0.462 e. The van der Waals surface area contributed by atoms with Crippen LogP contribution < -0.4 is 11.5 Å². The van der Waals surface area contributed by atoms with Crippen molar-refractivity contribution in [2.75, 3.05) is 13.1 Å². The minimum atomic E-state index is -0.132. The van der Waals surface area contributed by atoms with E-state index in [9.17, 15) is 9.59 Å². The number of fused-ring (bicyclic) bond motifs is 5. The van der Waals surface area contributed by atoms with Crippen LogP contribution in [0.3, 0.4) is 0 Å². The van der Waals surface area contributed by atoms with Crippen molar-refractivity contribution in [2.45, 2.75) is 208 Å². The molecule has 0 aromatic carbocycles. The Labute approximate surface area is 327 Å². The monoisotopic (exact) mass is 740 g/mol. The first kappa shape index (κ1) is 44.3. The third-order valence-corrected chi connectivity index (χ3v) is 15.6. The van der Waals surface area contributed by atoms with Crippen molar-refractivity contribution in [1.82, 2.24) is 4.90 Å². The molecular weight excluding hydrogens is 655 g/mol. The van der Waals surface area contributed by atoms with Crippen LogP contribution in [-0.4, -0.2) is 48.1 Å². The maximum absolute atomic E-state index is 13.2. The number of amides is 1. The maximum atomic E-state index is 13.2. The molecule has 0 saturated heterocycles. The van der Waals surface area contributed by atoms with Gasteiger partial charge in [0.25, 0.3) is 0 Å². The predicted molar refractivity (Wildman–Crippen MR) is 222 cm³/mol. The van der Waals surface area contributed by atoms with Crippen LogP contribution >= 0.6 is 0 Å². The van der Waals surface area contributed by atoms with Crippen molar-refractivity contribution in [2.24, 2.45) is 63.7 Å². The lowest BCUT2D eigenvalue weighted by Gasteiger charge is -2.58. The third kappa shape index (κ3) is 11.8. The quantitative estimate of drug-likeness (QED) is 0.0654. The molecule has 0 heterocycles. The van der Waals surface area contributed by atoms with E-state index in [1.165, 1.54) is 70.6 Å². The zero-order chi connectivity index (χ0) is 38.8. The normalized spacial score (nSPS) is 31.8. The highest BCUT2D eigenvalue weighted by molar-refractivity contribution is 5.77. The van der Waals surface area contributed by atoms with Gasteiger partial charge in [0.15, 0.2) is 0 Å². The van der Waals surface area contributed by atoms with Gasteiger partial charge in [-0.05, 0) is 143 Å². The summed E-state index contributed by atoms with van der Waals surface area (Å²) >= 11 is 0. The molecule has 4 N–H and O–H groups in total. The van der Waals surface area contributed by atoms with Gasteiger partial charge in [-0.1, -0.05) is 91.7 Å². The molecule has 6 nitrogen and oxygen atoms in total. The Hall–Kier alpha value is -1.40. The molecule has 0 aliphatic heterocycles. The molecule has 4 unspecified atom stereocenters. The van der Waals surface area contributed by atoms with Crippen molar-refractivity contribution in [1.29, 1.82) is 0 Å². The van der Waals surface area contributed by atoms with Gasteiger partial charge in [0.2, 0.25) is 5.91 Å². The van der Waals surface area contributed by atoms with E-state index < -0.39 is 0 Å². The van der Waals surface area contributed by atoms with E-state index in [4.69, 9.17) is 16.2 Å². The summed E-state index contributed by atoms with van der Waals surface area (Å²) in [6, 6.07) is 0.349. The SMILES string of the molecule is CCC(CCC(C)[C@H]1CC[C@H]2[C@@H]3CC=C4C[C@@H](OC(=O)CCCC(=O)N(CCCCCCCC(C)N)CCC(C)N)CC[C@]4(C)[C@H]3CC[C@]12C)C(C)C. The predicted octanol–water partition coefficient (Wildman–Crippen LogP) is 11.0. The molecule has 6 heteroatoms. The standard InChI is InChI=1S/C47H85N3O3/c1-9-37(33(2)3)20-19-34(4)41-23-24-42-40-22-21-38-32-39(25-28-46(38,7)43(40)26-29-47(41,42)8)53-45(52)18-15-17-44(51)50(31-27-36(6)49)30-14-12-10-11-13-16-35(5)48/h21,33-37,39-43H,9-20,22-32,48-49H2,1-8H3/t34?,35?,36?,37?,39-,40-,41+,42-,43-,46-,47+/m0/s1. The Morgan fingerprint density at radius 1 is 0.811 bits per heavy atom. The van der Waals surface area contributed by atoms with E-state index in [0.717, 1.165) is 92.9 Å². The van der Waals surface area contributed by atoms with Crippen molar-refractivity contribution in [3.63, 3.8) is 0 Å². The molecule has 4 aliphatic carbocycles. The van der Waals surface area contributed by atoms with Crippen LogP contribution in [0.4, 0.5) is 0 Å². The summed E-state index contributed by atoms with van der Waals surface area (Å²) in [6.07, 6.45) is 25.4. The largest absolute Gasteiger partial charge is 0.462 e. The highest BCUT2D eigenvalue weighted by atomic mass is 16.5. The second-order valence-electron chi connectivity index (χ2n) is 19.8. The van der Waals surface area contributed by atoms with Crippen LogP contribution in [0, 0.1) is 52.3 Å². The zero-order valence-electron chi connectivity index (χ0n) is 35.9. The molecule has 0 aromatic rings. The second-order valence-corrected chi connectivity index (χ2v) is 19.8. The van der Waals surface area contributed by atoms with E-state index in [0.29, 0.717) is 31.2 Å². The molecule has 53 heavy (non-hydrogen) atoms. The molecule has 306 valence electrons. The number of ether oxygens (including phenoxy) is 1. The van der Waals surface area contributed by atoms with Gasteiger partial charge in [-0.3, -0.25) is 9.59 Å². The molecule has 1 amide bonds. The average molecular weight is 740 g/mol. The summed E-state index contributed by atoms with van der Waals surface area (Å²) in [6.45, 7) is 20.6. The Morgan fingerprint density at radius 2 is 1.53 bits per heavy atom. The number of nitrogens with two attached hydrogens (primary N) is 2. The first-order valence-corrected chi connectivity index (χ1v) is 22.9. The van der Waals surface area contributed by atoms with Gasteiger partial charge in [-0.15, -0.1) is 0 Å². The number of unbranched alkanes of at least 4 members (excludes halogenated alkanes) is 4. The number of carbonyl (C=O) groups excluding carboxylic acids is 2. The summed E-state index contributed by atoms with van der Waals surface area (Å²) < 4.78 is 6.13. The molecule has 0 spiro atoms. The lowest BCUT2D eigenvalue weighted by molar-refractivity contribution is -0.151. The fourth-order valence-corrected chi connectivity index (χ4v) is 12.2. The Kier molecular flexibility index (Phi) is 17.3. The Balaban J connectivity index is 1.23. The van der Waals surface area contributed by atoms with Crippen LogP contribution in [0.5, 0.6) is 0 Å². The minimum absolute atomic E-state index is 0.0203. The van der Waals surface area contributed by atoms with Crippen LogP contribution in [0.15, 0.2) is 11.6 Å². The van der Waals surface area contributed by atoms with E-state index >= 15 is 0 Å². The highest BCUT2D eigenvalue weighted by Gasteiger charge is 2.59. The third-order valence-electron chi connectivity index (χ3n) is 15.6. The van der Waals surface area contributed by atoms with Gasteiger partial charge >= 0.3 is 5.97 Å². The number of carbonyl (C=O) groups is 2. The maximum Gasteiger partial charge on any atom is 0.306 e. The topological polar surface area (TPSA) is 98.7 Å². The highest BCUT2D eigenvalue weighted by Crippen LogP contribution is 2.67. The summed E-state index contributed by atoms with van der Waals surface area (Å²) in [5, 5.41) is 0. The number of hydrogen-bond donors (Lipinski definition) is 2. The Bertz CT molecular complexity index is 1170. The number of allylic oxidation sites excluding steroid dienone is 1. The van der Waals surface area contributed by atoms with Gasteiger partial charge in [0.1, 0.15) is 6.10 Å². The van der Waals surface area contributed by atoms with E-state index in [1.54, 1.807) is 5.57 Å². The van der Waals surface area contributed by atoms with Gasteiger partial charge in [0.05, 0.1) is 0 Å². The molecule has 11 atom stereocenters. The fourth-order valence-electron chi connectivity index (χ4n) is 12.2. The average Bonchev–Trinajstić information content (AvgIpc) is 3.46. The molecule has 3 fully saturated rings.